The van der Waals surface area contributed by atoms with Gasteiger partial charge in [-0.05, 0) is 48.9 Å². The number of thiazole rings is 1. The van der Waals surface area contributed by atoms with Crippen LogP contribution in [0.2, 0.25) is 0 Å². The number of nitriles is 1. The molecule has 0 bridgehead atoms. The number of carbonyl (C=O) groups excluding carboxylic acids is 1. The first-order valence-corrected chi connectivity index (χ1v) is 11.4. The summed E-state index contributed by atoms with van der Waals surface area (Å²) < 4.78 is 38.4. The standard InChI is InChI=1S/C20H17FN4O3S2/c1-13-18(19(26)24-30(2,27)28)23-20(29-13)25(12-15-4-3-5-16(21)10-15)17-8-6-14(11-22)7-9-17/h3-10H,12H2,1-2H3,(H,24,26). The smallest absolute Gasteiger partial charge is 0.284 e. The van der Waals surface area contributed by atoms with Gasteiger partial charge in [0, 0.05) is 10.6 Å². The van der Waals surface area contributed by atoms with E-state index in [1.807, 2.05) is 10.8 Å². The van der Waals surface area contributed by atoms with Gasteiger partial charge in [-0.1, -0.05) is 12.1 Å². The van der Waals surface area contributed by atoms with Crippen molar-refractivity contribution in [2.75, 3.05) is 11.2 Å². The zero-order chi connectivity index (χ0) is 21.9. The summed E-state index contributed by atoms with van der Waals surface area (Å²) in [6.45, 7) is 1.92. The van der Waals surface area contributed by atoms with Gasteiger partial charge in [-0.3, -0.25) is 4.79 Å². The Hall–Kier alpha value is -3.29. The molecular weight excluding hydrogens is 427 g/mol. The third kappa shape index (κ3) is 5.20. The summed E-state index contributed by atoms with van der Waals surface area (Å²) in [5.74, 6) is -1.20. The van der Waals surface area contributed by atoms with Crippen LogP contribution in [0.1, 0.15) is 26.5 Å². The molecule has 1 heterocycles. The zero-order valence-electron chi connectivity index (χ0n) is 16.1. The second-order valence-electron chi connectivity index (χ2n) is 6.48. The third-order valence-electron chi connectivity index (χ3n) is 4.05. The van der Waals surface area contributed by atoms with Crippen molar-refractivity contribution in [1.29, 1.82) is 5.26 Å². The topological polar surface area (TPSA) is 103 Å². The summed E-state index contributed by atoms with van der Waals surface area (Å²) in [7, 11) is -3.73. The Morgan fingerprint density at radius 2 is 1.97 bits per heavy atom. The van der Waals surface area contributed by atoms with Crippen molar-refractivity contribution in [3.8, 4) is 6.07 Å². The van der Waals surface area contributed by atoms with Gasteiger partial charge in [0.25, 0.3) is 5.91 Å². The van der Waals surface area contributed by atoms with Gasteiger partial charge in [-0.2, -0.15) is 5.26 Å². The minimum atomic E-state index is -3.73. The number of nitrogens with one attached hydrogen (secondary N) is 1. The van der Waals surface area contributed by atoms with Crippen LogP contribution in [0.3, 0.4) is 0 Å². The number of aromatic nitrogens is 1. The van der Waals surface area contributed by atoms with E-state index < -0.39 is 15.9 Å². The Labute approximate surface area is 177 Å². The molecule has 0 spiro atoms. The van der Waals surface area contributed by atoms with Gasteiger partial charge in [-0.15, -0.1) is 11.3 Å². The van der Waals surface area contributed by atoms with Crippen molar-refractivity contribution in [2.24, 2.45) is 0 Å². The molecule has 0 radical (unpaired) electrons. The molecule has 0 aliphatic carbocycles. The highest BCUT2D eigenvalue weighted by Gasteiger charge is 2.22. The predicted molar refractivity (Wildman–Crippen MR) is 113 cm³/mol. The van der Waals surface area contributed by atoms with Gasteiger partial charge in [-0.25, -0.2) is 22.5 Å². The number of halogens is 1. The Morgan fingerprint density at radius 1 is 1.27 bits per heavy atom. The van der Waals surface area contributed by atoms with Crippen LogP contribution in [0.5, 0.6) is 0 Å². The molecule has 0 aliphatic heterocycles. The molecule has 10 heteroatoms. The molecule has 1 aromatic heterocycles. The minimum Gasteiger partial charge on any atom is -0.313 e. The number of amides is 1. The fraction of sp³-hybridized carbons (Fsp3) is 0.150. The molecule has 2 aromatic carbocycles. The van der Waals surface area contributed by atoms with Gasteiger partial charge in [0.2, 0.25) is 10.0 Å². The summed E-state index contributed by atoms with van der Waals surface area (Å²) in [6, 6.07) is 14.9. The Kier molecular flexibility index (Phi) is 6.14. The van der Waals surface area contributed by atoms with Crippen LogP contribution in [-0.2, 0) is 16.6 Å². The van der Waals surface area contributed by atoms with Gasteiger partial charge < -0.3 is 4.90 Å². The molecule has 30 heavy (non-hydrogen) atoms. The maximum atomic E-state index is 13.7. The van der Waals surface area contributed by atoms with Crippen LogP contribution in [0.25, 0.3) is 0 Å². The Morgan fingerprint density at radius 3 is 2.57 bits per heavy atom. The molecule has 0 saturated heterocycles. The lowest BCUT2D eigenvalue weighted by atomic mass is 10.1. The van der Waals surface area contributed by atoms with E-state index in [-0.39, 0.29) is 18.1 Å². The van der Waals surface area contributed by atoms with Crippen LogP contribution in [-0.4, -0.2) is 25.6 Å². The summed E-state index contributed by atoms with van der Waals surface area (Å²) >= 11 is 1.21. The second-order valence-corrected chi connectivity index (χ2v) is 9.41. The van der Waals surface area contributed by atoms with Crippen molar-refractivity contribution >= 4 is 38.1 Å². The number of carbonyl (C=O) groups is 1. The molecule has 154 valence electrons. The molecule has 1 amide bonds. The van der Waals surface area contributed by atoms with Gasteiger partial charge in [0.15, 0.2) is 5.13 Å². The van der Waals surface area contributed by atoms with Crippen molar-refractivity contribution < 1.29 is 17.6 Å². The molecule has 0 fully saturated rings. The number of anilines is 2. The van der Waals surface area contributed by atoms with E-state index in [1.54, 1.807) is 48.2 Å². The van der Waals surface area contributed by atoms with Gasteiger partial charge in [0.05, 0.1) is 24.4 Å². The average Bonchev–Trinajstić information content (AvgIpc) is 3.06. The first-order valence-electron chi connectivity index (χ1n) is 8.68. The predicted octanol–water partition coefficient (Wildman–Crippen LogP) is 3.49. The third-order valence-corrected chi connectivity index (χ3v) is 5.60. The maximum Gasteiger partial charge on any atom is 0.284 e. The molecule has 3 rings (SSSR count). The number of nitrogens with zero attached hydrogens (tertiary/aromatic N) is 3. The molecular formula is C20H17FN4O3S2. The van der Waals surface area contributed by atoms with Crippen LogP contribution in [0.4, 0.5) is 15.2 Å². The lowest BCUT2D eigenvalue weighted by Gasteiger charge is -2.22. The van der Waals surface area contributed by atoms with Crippen LogP contribution in [0.15, 0.2) is 48.5 Å². The van der Waals surface area contributed by atoms with E-state index in [9.17, 15) is 17.6 Å². The number of sulfonamides is 1. The number of hydrogen-bond donors (Lipinski definition) is 1. The van der Waals surface area contributed by atoms with Crippen LogP contribution in [0, 0.1) is 24.1 Å². The lowest BCUT2D eigenvalue weighted by Crippen LogP contribution is -2.30. The number of aryl methyl sites for hydroxylation is 1. The van der Waals surface area contributed by atoms with E-state index >= 15 is 0 Å². The first kappa shape index (κ1) is 21.4. The molecule has 0 atom stereocenters. The molecule has 0 aliphatic rings. The SMILES string of the molecule is Cc1sc(N(Cc2cccc(F)c2)c2ccc(C#N)cc2)nc1C(=O)NS(C)(=O)=O. The lowest BCUT2D eigenvalue weighted by molar-refractivity contribution is 0.0977. The van der Waals surface area contributed by atoms with Gasteiger partial charge >= 0.3 is 0 Å². The molecule has 1 N–H and O–H groups in total. The summed E-state index contributed by atoms with van der Waals surface area (Å²) in [5, 5.41) is 9.47. The second kappa shape index (κ2) is 8.61. The van der Waals surface area contributed by atoms with Crippen LogP contribution < -0.4 is 9.62 Å². The monoisotopic (exact) mass is 444 g/mol. The minimum absolute atomic E-state index is 0.00156. The van der Waals surface area contributed by atoms with Crippen molar-refractivity contribution in [3.05, 3.63) is 76.0 Å². The van der Waals surface area contributed by atoms with E-state index in [4.69, 9.17) is 5.26 Å². The normalized spacial score (nSPS) is 11.0. The average molecular weight is 445 g/mol. The van der Waals surface area contributed by atoms with E-state index in [0.717, 1.165) is 6.26 Å². The molecule has 3 aromatic rings. The Balaban J connectivity index is 2.02. The molecule has 0 unspecified atom stereocenters. The summed E-state index contributed by atoms with van der Waals surface area (Å²) in [5.41, 5.74) is 1.84. The fourth-order valence-corrected chi connectivity index (χ4v) is 4.09. The van der Waals surface area contributed by atoms with Crippen molar-refractivity contribution in [3.63, 3.8) is 0 Å². The van der Waals surface area contributed by atoms with Crippen molar-refractivity contribution in [2.45, 2.75) is 13.5 Å². The number of benzene rings is 2. The molecule has 7 nitrogen and oxygen atoms in total. The molecule has 0 saturated carbocycles. The summed E-state index contributed by atoms with van der Waals surface area (Å²) in [6.07, 6.45) is 0.889. The highest BCUT2D eigenvalue weighted by molar-refractivity contribution is 7.89. The number of hydrogen-bond acceptors (Lipinski definition) is 7. The van der Waals surface area contributed by atoms with Crippen molar-refractivity contribution in [1.82, 2.24) is 9.71 Å². The number of rotatable bonds is 6. The van der Waals surface area contributed by atoms with E-state index in [2.05, 4.69) is 4.98 Å². The first-order chi connectivity index (χ1) is 14.2. The quantitative estimate of drug-likeness (QED) is 0.624. The van der Waals surface area contributed by atoms with E-state index in [0.29, 0.717) is 26.8 Å². The van der Waals surface area contributed by atoms with Crippen LogP contribution >= 0.6 is 11.3 Å². The Bertz CT molecular complexity index is 1230. The largest absolute Gasteiger partial charge is 0.313 e. The maximum absolute atomic E-state index is 13.7. The highest BCUT2D eigenvalue weighted by Crippen LogP contribution is 2.33. The summed E-state index contributed by atoms with van der Waals surface area (Å²) in [4.78, 5) is 18.9. The highest BCUT2D eigenvalue weighted by atomic mass is 32.2. The zero-order valence-corrected chi connectivity index (χ0v) is 17.7. The van der Waals surface area contributed by atoms with E-state index in [1.165, 1.54) is 23.5 Å². The fourth-order valence-electron chi connectivity index (χ4n) is 2.73. The van der Waals surface area contributed by atoms with Gasteiger partial charge in [0.1, 0.15) is 11.5 Å².